The molecule has 19 heavy (non-hydrogen) atoms. The Morgan fingerprint density at radius 1 is 0.632 bits per heavy atom. The number of nitrogens with one attached hydrogen (secondary N) is 2. The van der Waals surface area contributed by atoms with Crippen LogP contribution < -0.4 is 10.6 Å². The molecule has 0 atom stereocenters. The maximum Gasteiger partial charge on any atom is 0.0208 e. The predicted octanol–water partition coefficient (Wildman–Crippen LogP) is 3.09. The van der Waals surface area contributed by atoms with Gasteiger partial charge in [0, 0.05) is 19.6 Å². The normalized spacial score (nSPS) is 10.6. The van der Waals surface area contributed by atoms with Gasteiger partial charge in [-0.3, -0.25) is 0 Å². The van der Waals surface area contributed by atoms with Crippen LogP contribution in [0.15, 0.2) is 54.6 Å². The van der Waals surface area contributed by atoms with Crippen molar-refractivity contribution in [2.24, 2.45) is 0 Å². The Labute approximate surface area is 115 Å². The van der Waals surface area contributed by atoms with Gasteiger partial charge in [-0.25, -0.2) is 0 Å². The van der Waals surface area contributed by atoms with Crippen molar-refractivity contribution in [1.29, 1.82) is 0 Å². The molecule has 2 aromatic rings. The molecule has 0 aliphatic rings. The van der Waals surface area contributed by atoms with Crippen molar-refractivity contribution in [3.05, 3.63) is 71.3 Å². The van der Waals surface area contributed by atoms with Crippen molar-refractivity contribution in [1.82, 2.24) is 10.6 Å². The van der Waals surface area contributed by atoms with Crippen LogP contribution in [0.4, 0.5) is 0 Å². The zero-order valence-electron chi connectivity index (χ0n) is 11.5. The van der Waals surface area contributed by atoms with Gasteiger partial charge in [0.25, 0.3) is 0 Å². The monoisotopic (exact) mass is 254 g/mol. The smallest absolute Gasteiger partial charge is 0.0208 e. The largest absolute Gasteiger partial charge is 0.313 e. The van der Waals surface area contributed by atoms with Crippen molar-refractivity contribution >= 4 is 0 Å². The van der Waals surface area contributed by atoms with Crippen LogP contribution in [-0.4, -0.2) is 6.54 Å². The maximum absolute atomic E-state index is 3.46. The van der Waals surface area contributed by atoms with Crippen LogP contribution in [0.3, 0.4) is 0 Å². The molecule has 100 valence electrons. The summed E-state index contributed by atoms with van der Waals surface area (Å²) in [5.74, 6) is 0. The highest BCUT2D eigenvalue weighted by Gasteiger charge is 1.95. The SMILES string of the molecule is CCNCc1ccc(CNCc2ccccc2)cc1. The first-order valence-corrected chi connectivity index (χ1v) is 6.91. The first-order valence-electron chi connectivity index (χ1n) is 6.91. The molecule has 0 radical (unpaired) electrons. The first-order chi connectivity index (χ1) is 9.38. The van der Waals surface area contributed by atoms with E-state index in [1.165, 1.54) is 16.7 Å². The Balaban J connectivity index is 1.77. The highest BCUT2D eigenvalue weighted by Crippen LogP contribution is 2.05. The van der Waals surface area contributed by atoms with Crippen LogP contribution in [0.5, 0.6) is 0 Å². The number of benzene rings is 2. The Morgan fingerprint density at radius 3 is 1.63 bits per heavy atom. The molecule has 0 saturated heterocycles. The summed E-state index contributed by atoms with van der Waals surface area (Å²) < 4.78 is 0. The Kier molecular flexibility index (Phi) is 5.60. The molecule has 2 N–H and O–H groups in total. The lowest BCUT2D eigenvalue weighted by atomic mass is 10.1. The number of hydrogen-bond acceptors (Lipinski definition) is 2. The zero-order chi connectivity index (χ0) is 13.3. The van der Waals surface area contributed by atoms with Crippen molar-refractivity contribution in [3.8, 4) is 0 Å². The highest BCUT2D eigenvalue weighted by atomic mass is 14.8. The fraction of sp³-hybridized carbons (Fsp3) is 0.294. The van der Waals surface area contributed by atoms with Crippen LogP contribution in [0.25, 0.3) is 0 Å². The molecule has 0 saturated carbocycles. The molecule has 0 bridgehead atoms. The van der Waals surface area contributed by atoms with Crippen LogP contribution >= 0.6 is 0 Å². The molecule has 2 aromatic carbocycles. The van der Waals surface area contributed by atoms with E-state index in [9.17, 15) is 0 Å². The molecule has 0 fully saturated rings. The molecule has 0 amide bonds. The Bertz CT molecular complexity index is 462. The third-order valence-electron chi connectivity index (χ3n) is 3.10. The first kappa shape index (κ1) is 13.8. The van der Waals surface area contributed by atoms with E-state index >= 15 is 0 Å². The van der Waals surface area contributed by atoms with Gasteiger partial charge in [0.15, 0.2) is 0 Å². The van der Waals surface area contributed by atoms with Gasteiger partial charge in [-0.05, 0) is 23.2 Å². The molecule has 2 nitrogen and oxygen atoms in total. The van der Waals surface area contributed by atoms with Gasteiger partial charge < -0.3 is 10.6 Å². The summed E-state index contributed by atoms with van der Waals surface area (Å²) in [4.78, 5) is 0. The Morgan fingerprint density at radius 2 is 1.11 bits per heavy atom. The quantitative estimate of drug-likeness (QED) is 0.793. The van der Waals surface area contributed by atoms with Crippen LogP contribution in [0, 0.1) is 0 Å². The maximum atomic E-state index is 3.46. The van der Waals surface area contributed by atoms with Gasteiger partial charge in [-0.15, -0.1) is 0 Å². The molecule has 0 spiro atoms. The van der Waals surface area contributed by atoms with Gasteiger partial charge in [0.2, 0.25) is 0 Å². The van der Waals surface area contributed by atoms with E-state index in [1.807, 2.05) is 6.07 Å². The zero-order valence-corrected chi connectivity index (χ0v) is 11.5. The fourth-order valence-electron chi connectivity index (χ4n) is 1.99. The summed E-state index contributed by atoms with van der Waals surface area (Å²) in [5, 5.41) is 6.80. The van der Waals surface area contributed by atoms with E-state index in [1.54, 1.807) is 0 Å². The molecular formula is C17H22N2. The lowest BCUT2D eigenvalue weighted by molar-refractivity contribution is 0.691. The minimum absolute atomic E-state index is 0.913. The van der Waals surface area contributed by atoms with E-state index in [4.69, 9.17) is 0 Å². The molecule has 0 aliphatic heterocycles. The average Bonchev–Trinajstić information content (AvgIpc) is 2.47. The average molecular weight is 254 g/mol. The van der Waals surface area contributed by atoms with Crippen LogP contribution in [0.2, 0.25) is 0 Å². The van der Waals surface area contributed by atoms with E-state index in [2.05, 4.69) is 66.1 Å². The minimum atomic E-state index is 0.913. The van der Waals surface area contributed by atoms with Crippen molar-refractivity contribution < 1.29 is 0 Å². The lowest BCUT2D eigenvalue weighted by Gasteiger charge is -2.07. The second-order valence-electron chi connectivity index (χ2n) is 4.69. The van der Waals surface area contributed by atoms with Gasteiger partial charge in [-0.1, -0.05) is 61.5 Å². The fourth-order valence-corrected chi connectivity index (χ4v) is 1.99. The molecule has 0 aliphatic carbocycles. The molecular weight excluding hydrogens is 232 g/mol. The van der Waals surface area contributed by atoms with Crippen molar-refractivity contribution in [3.63, 3.8) is 0 Å². The second kappa shape index (κ2) is 7.72. The molecule has 2 heteroatoms. The number of rotatable bonds is 7. The Hall–Kier alpha value is -1.64. The van der Waals surface area contributed by atoms with E-state index in [0.29, 0.717) is 0 Å². The highest BCUT2D eigenvalue weighted by molar-refractivity contribution is 5.22. The van der Waals surface area contributed by atoms with Crippen molar-refractivity contribution in [2.45, 2.75) is 26.6 Å². The number of hydrogen-bond donors (Lipinski definition) is 2. The molecule has 2 rings (SSSR count). The van der Waals surface area contributed by atoms with E-state index < -0.39 is 0 Å². The van der Waals surface area contributed by atoms with Gasteiger partial charge in [-0.2, -0.15) is 0 Å². The molecule has 0 unspecified atom stereocenters. The van der Waals surface area contributed by atoms with E-state index in [-0.39, 0.29) is 0 Å². The molecule has 0 aromatic heterocycles. The predicted molar refractivity (Wildman–Crippen MR) is 80.8 cm³/mol. The summed E-state index contributed by atoms with van der Waals surface area (Å²) in [6.45, 7) is 5.92. The van der Waals surface area contributed by atoms with Crippen molar-refractivity contribution in [2.75, 3.05) is 6.54 Å². The minimum Gasteiger partial charge on any atom is -0.313 e. The summed E-state index contributed by atoms with van der Waals surface area (Å²) in [7, 11) is 0. The topological polar surface area (TPSA) is 24.1 Å². The van der Waals surface area contributed by atoms with Gasteiger partial charge in [0.05, 0.1) is 0 Å². The summed E-state index contributed by atoms with van der Waals surface area (Å²) >= 11 is 0. The second-order valence-corrected chi connectivity index (χ2v) is 4.69. The lowest BCUT2D eigenvalue weighted by Crippen LogP contribution is -2.13. The summed E-state index contributed by atoms with van der Waals surface area (Å²) in [6, 6.07) is 19.3. The van der Waals surface area contributed by atoms with Crippen LogP contribution in [0.1, 0.15) is 23.6 Å². The summed E-state index contributed by atoms with van der Waals surface area (Å²) in [5.41, 5.74) is 4.00. The van der Waals surface area contributed by atoms with E-state index in [0.717, 1.165) is 26.2 Å². The van der Waals surface area contributed by atoms with Crippen LogP contribution in [-0.2, 0) is 19.6 Å². The van der Waals surface area contributed by atoms with Gasteiger partial charge in [0.1, 0.15) is 0 Å². The molecule has 0 heterocycles. The van der Waals surface area contributed by atoms with Gasteiger partial charge >= 0.3 is 0 Å². The standard InChI is InChI=1S/C17H22N2/c1-2-18-12-16-8-10-17(11-9-16)14-19-13-15-6-4-3-5-7-15/h3-11,18-19H,2,12-14H2,1H3. The third-order valence-corrected chi connectivity index (χ3v) is 3.10. The third kappa shape index (κ3) is 4.86. The summed E-state index contributed by atoms with van der Waals surface area (Å²) in [6.07, 6.45) is 0.